The Kier molecular flexibility index (Phi) is 6.75. The van der Waals surface area contributed by atoms with Crippen LogP contribution in [0.25, 0.3) is 44.6 Å². The van der Waals surface area contributed by atoms with Gasteiger partial charge in [0.05, 0.1) is 11.8 Å². The fourth-order valence-corrected chi connectivity index (χ4v) is 3.29. The smallest absolute Gasteiger partial charge is 0.120 e. The summed E-state index contributed by atoms with van der Waals surface area (Å²) in [6.45, 7) is 0. The van der Waals surface area contributed by atoms with E-state index in [1.165, 1.54) is 0 Å². The molecule has 0 atom stereocenters. The molecule has 157 valence electrons. The quantitative estimate of drug-likeness (QED) is 0.239. The maximum absolute atomic E-state index is 5.90. The summed E-state index contributed by atoms with van der Waals surface area (Å²) in [5.74, 6) is 0.521. The summed E-state index contributed by atoms with van der Waals surface area (Å²) in [6.07, 6.45) is 4.94. The number of fused-ring (bicyclic) bond motifs is 3. The van der Waals surface area contributed by atoms with Crippen molar-refractivity contribution in [3.8, 4) is 22.6 Å². The summed E-state index contributed by atoms with van der Waals surface area (Å²) in [6, 6.07) is 31.7. The molecule has 0 amide bonds. The predicted molar refractivity (Wildman–Crippen MR) is 120 cm³/mol. The molecule has 3 aromatic carbocycles. The van der Waals surface area contributed by atoms with Crippen LogP contribution in [0.2, 0.25) is 0 Å². The van der Waals surface area contributed by atoms with E-state index < -0.39 is 0 Å². The molecule has 6 rings (SSSR count). The number of rotatable bonds is 2. The van der Waals surface area contributed by atoms with Crippen LogP contribution in [0.4, 0.5) is 0 Å². The molecule has 3 heterocycles. The Labute approximate surface area is 198 Å². The minimum absolute atomic E-state index is 0. The van der Waals surface area contributed by atoms with Crippen LogP contribution in [0.5, 0.6) is 0 Å². The summed E-state index contributed by atoms with van der Waals surface area (Å²) in [4.78, 5) is 8.42. The zero-order valence-electron chi connectivity index (χ0n) is 16.8. The molecule has 0 bridgehead atoms. The van der Waals surface area contributed by atoms with Crippen molar-refractivity contribution in [2.45, 2.75) is 0 Å². The van der Waals surface area contributed by atoms with E-state index in [2.05, 4.69) is 32.3 Å². The Bertz CT molecular complexity index is 1380. The average molecular weight is 593 g/mol. The van der Waals surface area contributed by atoms with Gasteiger partial charge in [0.15, 0.2) is 0 Å². The zero-order valence-corrected chi connectivity index (χ0v) is 19.2. The van der Waals surface area contributed by atoms with Gasteiger partial charge >= 0.3 is 0 Å². The molecule has 0 aliphatic heterocycles. The van der Waals surface area contributed by atoms with E-state index in [1.54, 1.807) is 18.6 Å². The second-order valence-electron chi connectivity index (χ2n) is 6.65. The number of para-hydroxylation sites is 1. The first-order chi connectivity index (χ1) is 15.4. The Morgan fingerprint density at radius 1 is 0.688 bits per heavy atom. The van der Waals surface area contributed by atoms with Crippen molar-refractivity contribution in [3.63, 3.8) is 0 Å². The van der Waals surface area contributed by atoms with Gasteiger partial charge in [-0.2, -0.15) is 10.2 Å². The Morgan fingerprint density at radius 2 is 1.56 bits per heavy atom. The molecule has 0 spiro atoms. The van der Waals surface area contributed by atoms with Crippen LogP contribution in [0.15, 0.2) is 102 Å². The van der Waals surface area contributed by atoms with E-state index >= 15 is 0 Å². The van der Waals surface area contributed by atoms with Gasteiger partial charge in [-0.3, -0.25) is 4.98 Å². The van der Waals surface area contributed by atoms with Gasteiger partial charge in [0.25, 0.3) is 0 Å². The topological polar surface area (TPSA) is 64.7 Å². The Hall–Kier alpha value is -3.73. The maximum atomic E-state index is 5.90. The van der Waals surface area contributed by atoms with Gasteiger partial charge in [-0.1, -0.05) is 41.3 Å². The van der Waals surface area contributed by atoms with Gasteiger partial charge in [-0.05, 0) is 17.8 Å². The van der Waals surface area contributed by atoms with Gasteiger partial charge in [-0.15, -0.1) is 54.1 Å². The molecule has 0 aliphatic rings. The monoisotopic (exact) mass is 593 g/mol. The van der Waals surface area contributed by atoms with Crippen molar-refractivity contribution in [2.24, 2.45) is 0 Å². The Balaban J connectivity index is 0.000000164. The summed E-state index contributed by atoms with van der Waals surface area (Å²) < 4.78 is 5.90. The molecule has 32 heavy (non-hydrogen) atoms. The van der Waals surface area contributed by atoms with Gasteiger partial charge < -0.3 is 9.40 Å². The van der Waals surface area contributed by atoms with Crippen LogP contribution < -0.4 is 0 Å². The van der Waals surface area contributed by atoms with Gasteiger partial charge in [0, 0.05) is 37.9 Å². The third-order valence-corrected chi connectivity index (χ3v) is 4.69. The van der Waals surface area contributed by atoms with Crippen LogP contribution >= 0.6 is 0 Å². The maximum Gasteiger partial charge on any atom is 0.120 e. The standard InChI is InChI=1S/C15H8N3O.C11H8N.Ir/c1-2-7-13-10(4-1)11-5-3-6-12(14(11)19-13)15-16-8-9-17-18-15;1-2-6-10(7-3-1)11-8-4-5-9-12-11;/h1-5,7-9H;1-6,8-9H;/q2*-1;. The number of benzene rings is 3. The molecule has 3 aromatic heterocycles. The molecule has 6 heteroatoms. The minimum atomic E-state index is 0. The second-order valence-corrected chi connectivity index (χ2v) is 6.65. The Morgan fingerprint density at radius 3 is 2.34 bits per heavy atom. The number of hydrogen-bond donors (Lipinski definition) is 0. The van der Waals surface area contributed by atoms with Crippen molar-refractivity contribution in [1.82, 2.24) is 20.2 Å². The van der Waals surface area contributed by atoms with Gasteiger partial charge in [0.2, 0.25) is 0 Å². The second kappa shape index (κ2) is 10.1. The summed E-state index contributed by atoms with van der Waals surface area (Å²) >= 11 is 0. The third kappa shape index (κ3) is 4.47. The molecule has 0 saturated heterocycles. The van der Waals surface area contributed by atoms with E-state index in [0.29, 0.717) is 5.82 Å². The first-order valence-corrected chi connectivity index (χ1v) is 9.74. The van der Waals surface area contributed by atoms with Crippen molar-refractivity contribution in [3.05, 3.63) is 110 Å². The van der Waals surface area contributed by atoms with Gasteiger partial charge in [-0.25, -0.2) is 0 Å². The molecule has 1 radical (unpaired) electrons. The van der Waals surface area contributed by atoms with Crippen molar-refractivity contribution in [1.29, 1.82) is 0 Å². The van der Waals surface area contributed by atoms with Crippen LogP contribution in [-0.4, -0.2) is 20.2 Å². The molecular weight excluding hydrogens is 577 g/mol. The van der Waals surface area contributed by atoms with Crippen molar-refractivity contribution in [2.75, 3.05) is 0 Å². The summed E-state index contributed by atoms with van der Waals surface area (Å²) in [7, 11) is 0. The van der Waals surface area contributed by atoms with Crippen molar-refractivity contribution >= 4 is 21.9 Å². The molecule has 0 fully saturated rings. The fourth-order valence-electron chi connectivity index (χ4n) is 3.29. The van der Waals surface area contributed by atoms with E-state index in [0.717, 1.165) is 38.8 Å². The first-order valence-electron chi connectivity index (χ1n) is 9.74. The van der Waals surface area contributed by atoms with E-state index in [1.807, 2.05) is 78.9 Å². The molecule has 0 aliphatic carbocycles. The third-order valence-electron chi connectivity index (χ3n) is 4.69. The zero-order chi connectivity index (χ0) is 20.9. The van der Waals surface area contributed by atoms with Crippen LogP contribution in [0.3, 0.4) is 0 Å². The number of hydrogen-bond acceptors (Lipinski definition) is 5. The number of nitrogens with zero attached hydrogens (tertiary/aromatic N) is 4. The largest absolute Gasteiger partial charge is 0.501 e. The average Bonchev–Trinajstić information content (AvgIpc) is 3.25. The number of furan rings is 1. The van der Waals surface area contributed by atoms with Crippen LogP contribution in [0, 0.1) is 12.1 Å². The molecule has 0 saturated carbocycles. The van der Waals surface area contributed by atoms with E-state index in [-0.39, 0.29) is 20.1 Å². The predicted octanol–water partition coefficient (Wildman–Crippen LogP) is 5.78. The minimum Gasteiger partial charge on any atom is -0.501 e. The summed E-state index contributed by atoms with van der Waals surface area (Å²) in [5.41, 5.74) is 4.34. The van der Waals surface area contributed by atoms with Crippen LogP contribution in [0.1, 0.15) is 0 Å². The van der Waals surface area contributed by atoms with Gasteiger partial charge in [0.1, 0.15) is 11.4 Å². The molecule has 0 unspecified atom stereocenters. The molecule has 6 aromatic rings. The fraction of sp³-hybridized carbons (Fsp3) is 0. The first kappa shape index (κ1) is 21.5. The van der Waals surface area contributed by atoms with E-state index in [4.69, 9.17) is 4.42 Å². The molecule has 0 N–H and O–H groups in total. The SMILES string of the molecule is [Ir].[c-]1ccc2c(oc3ccccc32)c1-c1nccnn1.[c-]1ccccc1-c1ccccn1. The number of aromatic nitrogens is 4. The molecule has 5 nitrogen and oxygen atoms in total. The van der Waals surface area contributed by atoms with Crippen molar-refractivity contribution < 1.29 is 24.5 Å². The normalized spacial score (nSPS) is 10.2. The van der Waals surface area contributed by atoms with Crippen LogP contribution in [-0.2, 0) is 20.1 Å². The summed E-state index contributed by atoms with van der Waals surface area (Å²) in [5, 5.41) is 9.98. The number of pyridine rings is 1. The molecular formula is C26H16IrN4O-2. The van der Waals surface area contributed by atoms with E-state index in [9.17, 15) is 0 Å².